The lowest BCUT2D eigenvalue weighted by molar-refractivity contribution is -0.125. The van der Waals surface area contributed by atoms with E-state index in [1.165, 1.54) is 0 Å². The lowest BCUT2D eigenvalue weighted by Crippen LogP contribution is -2.42. The van der Waals surface area contributed by atoms with Gasteiger partial charge in [0, 0.05) is 17.4 Å². The molecule has 0 fully saturated rings. The molecule has 1 heterocycles. The zero-order valence-electron chi connectivity index (χ0n) is 13.1. The first kappa shape index (κ1) is 15.1. The van der Waals surface area contributed by atoms with Crippen molar-refractivity contribution < 1.29 is 9.59 Å². The summed E-state index contributed by atoms with van der Waals surface area (Å²) in [6.45, 7) is 3.60. The van der Waals surface area contributed by atoms with Crippen LogP contribution < -0.4 is 11.1 Å². The first-order valence-electron chi connectivity index (χ1n) is 7.47. The van der Waals surface area contributed by atoms with Crippen LogP contribution in [0.3, 0.4) is 0 Å². The van der Waals surface area contributed by atoms with Crippen molar-refractivity contribution in [3.05, 3.63) is 48.2 Å². The molecule has 1 aromatic heterocycles. The van der Waals surface area contributed by atoms with Gasteiger partial charge in [-0.1, -0.05) is 30.3 Å². The summed E-state index contributed by atoms with van der Waals surface area (Å²) in [5.41, 5.74) is 5.91. The summed E-state index contributed by atoms with van der Waals surface area (Å²) >= 11 is 0. The number of benzene rings is 2. The molecule has 0 aliphatic heterocycles. The van der Waals surface area contributed by atoms with Crippen LogP contribution in [0.4, 0.5) is 0 Å². The molecule has 0 aliphatic rings. The van der Waals surface area contributed by atoms with Gasteiger partial charge in [0.2, 0.25) is 5.91 Å². The smallest absolute Gasteiger partial charge is 0.267 e. The number of fused-ring (bicyclic) bond motifs is 3. The van der Waals surface area contributed by atoms with Crippen LogP contribution in [0.5, 0.6) is 0 Å². The van der Waals surface area contributed by atoms with Crippen LogP contribution in [0, 0.1) is 5.41 Å². The summed E-state index contributed by atoms with van der Waals surface area (Å²) in [7, 11) is 0. The van der Waals surface area contributed by atoms with E-state index >= 15 is 0 Å². The normalized spacial score (nSPS) is 11.7. The topological polar surface area (TPSA) is 88.0 Å². The minimum absolute atomic E-state index is 0.192. The van der Waals surface area contributed by atoms with E-state index in [0.717, 1.165) is 21.7 Å². The molecular weight excluding hydrogens is 290 g/mol. The van der Waals surface area contributed by atoms with Crippen molar-refractivity contribution in [3.8, 4) is 0 Å². The summed E-state index contributed by atoms with van der Waals surface area (Å²) in [5.74, 6) is -0.694. The summed E-state index contributed by atoms with van der Waals surface area (Å²) in [6.07, 6.45) is 0. The zero-order valence-corrected chi connectivity index (χ0v) is 13.1. The number of aromatic amines is 1. The molecule has 0 atom stereocenters. The largest absolute Gasteiger partial charge is 0.369 e. The van der Waals surface area contributed by atoms with Crippen LogP contribution >= 0.6 is 0 Å². The molecule has 0 saturated heterocycles. The lowest BCUT2D eigenvalue weighted by atomic mass is 9.93. The maximum absolute atomic E-state index is 12.3. The van der Waals surface area contributed by atoms with Gasteiger partial charge in [-0.3, -0.25) is 9.59 Å². The molecule has 5 heteroatoms. The Bertz CT molecular complexity index is 909. The van der Waals surface area contributed by atoms with Gasteiger partial charge in [0.05, 0.1) is 5.41 Å². The van der Waals surface area contributed by atoms with Crippen LogP contribution in [-0.2, 0) is 4.79 Å². The van der Waals surface area contributed by atoms with Gasteiger partial charge in [-0.05, 0) is 36.8 Å². The maximum Gasteiger partial charge on any atom is 0.267 e. The number of hydrogen-bond donors (Lipinski definition) is 3. The van der Waals surface area contributed by atoms with Gasteiger partial charge in [-0.25, -0.2) is 0 Å². The number of primary amides is 1. The molecule has 5 nitrogen and oxygen atoms in total. The Morgan fingerprint density at radius 1 is 1.13 bits per heavy atom. The van der Waals surface area contributed by atoms with Crippen molar-refractivity contribution in [1.29, 1.82) is 0 Å². The Balaban J connectivity index is 1.90. The van der Waals surface area contributed by atoms with Gasteiger partial charge in [-0.2, -0.15) is 0 Å². The minimum Gasteiger partial charge on any atom is -0.369 e. The van der Waals surface area contributed by atoms with E-state index in [4.69, 9.17) is 5.73 Å². The molecule has 0 saturated carbocycles. The van der Waals surface area contributed by atoms with E-state index in [1.807, 2.05) is 42.5 Å². The van der Waals surface area contributed by atoms with Gasteiger partial charge in [-0.15, -0.1) is 0 Å². The number of amides is 2. The lowest BCUT2D eigenvalue weighted by Gasteiger charge is -2.20. The molecule has 3 rings (SSSR count). The molecular formula is C18H19N3O2. The molecule has 0 unspecified atom stereocenters. The monoisotopic (exact) mass is 309 g/mol. The van der Waals surface area contributed by atoms with Crippen molar-refractivity contribution in [2.75, 3.05) is 6.54 Å². The van der Waals surface area contributed by atoms with E-state index < -0.39 is 11.3 Å². The second-order valence-electron chi connectivity index (χ2n) is 6.36. The highest BCUT2D eigenvalue weighted by Gasteiger charge is 2.25. The standard InChI is InChI=1S/C18H19N3O2/c1-18(2,17(19)23)10-20-16(22)15-9-13-12-6-4-3-5-11(12)7-8-14(13)21-15/h3-9,21H,10H2,1-2H3,(H2,19,23)(H,20,22). The van der Waals surface area contributed by atoms with Gasteiger partial charge in [0.15, 0.2) is 0 Å². The summed E-state index contributed by atoms with van der Waals surface area (Å²) in [5, 5.41) is 5.98. The molecule has 4 N–H and O–H groups in total. The third-order valence-corrected chi connectivity index (χ3v) is 4.13. The highest BCUT2D eigenvalue weighted by Crippen LogP contribution is 2.26. The van der Waals surface area contributed by atoms with E-state index in [2.05, 4.69) is 10.3 Å². The number of carbonyl (C=O) groups is 2. The third-order valence-electron chi connectivity index (χ3n) is 4.13. The Morgan fingerprint density at radius 3 is 2.61 bits per heavy atom. The van der Waals surface area contributed by atoms with Gasteiger partial charge in [0.1, 0.15) is 5.69 Å². The molecule has 23 heavy (non-hydrogen) atoms. The Kier molecular flexibility index (Phi) is 3.56. The van der Waals surface area contributed by atoms with Crippen LogP contribution in [0.15, 0.2) is 42.5 Å². The van der Waals surface area contributed by atoms with Gasteiger partial charge < -0.3 is 16.0 Å². The fraction of sp³-hybridized carbons (Fsp3) is 0.222. The van der Waals surface area contributed by atoms with Crippen molar-refractivity contribution in [2.24, 2.45) is 11.1 Å². The fourth-order valence-electron chi connectivity index (χ4n) is 2.49. The van der Waals surface area contributed by atoms with E-state index in [1.54, 1.807) is 13.8 Å². The average molecular weight is 309 g/mol. The predicted octanol–water partition coefficient (Wildman–Crippen LogP) is 2.56. The highest BCUT2D eigenvalue weighted by atomic mass is 16.2. The first-order valence-corrected chi connectivity index (χ1v) is 7.47. The van der Waals surface area contributed by atoms with Gasteiger partial charge in [0.25, 0.3) is 5.91 Å². The molecule has 2 amide bonds. The molecule has 0 radical (unpaired) electrons. The van der Waals surface area contributed by atoms with Crippen molar-refractivity contribution in [1.82, 2.24) is 10.3 Å². The second kappa shape index (κ2) is 5.43. The average Bonchev–Trinajstić information content (AvgIpc) is 2.97. The highest BCUT2D eigenvalue weighted by molar-refractivity contribution is 6.09. The number of hydrogen-bond acceptors (Lipinski definition) is 2. The fourth-order valence-corrected chi connectivity index (χ4v) is 2.49. The summed E-state index contributed by atoms with van der Waals surface area (Å²) in [6, 6.07) is 13.8. The molecule has 0 bridgehead atoms. The molecule has 0 aliphatic carbocycles. The number of carbonyl (C=O) groups excluding carboxylic acids is 2. The molecule has 3 aromatic rings. The van der Waals surface area contributed by atoms with E-state index in [-0.39, 0.29) is 12.5 Å². The quantitative estimate of drug-likeness (QED) is 0.691. The minimum atomic E-state index is -0.783. The van der Waals surface area contributed by atoms with Crippen LogP contribution in [0.25, 0.3) is 21.7 Å². The Hall–Kier alpha value is -2.82. The van der Waals surface area contributed by atoms with Crippen molar-refractivity contribution in [3.63, 3.8) is 0 Å². The van der Waals surface area contributed by atoms with Crippen LogP contribution in [0.1, 0.15) is 24.3 Å². The predicted molar refractivity (Wildman–Crippen MR) is 91.1 cm³/mol. The number of aromatic nitrogens is 1. The molecule has 118 valence electrons. The third kappa shape index (κ3) is 2.77. The van der Waals surface area contributed by atoms with Crippen LogP contribution in [0.2, 0.25) is 0 Å². The summed E-state index contributed by atoms with van der Waals surface area (Å²) in [4.78, 5) is 26.8. The number of nitrogens with two attached hydrogens (primary N) is 1. The van der Waals surface area contributed by atoms with Crippen LogP contribution in [-0.4, -0.2) is 23.3 Å². The molecule has 0 spiro atoms. The number of H-pyrrole nitrogens is 1. The van der Waals surface area contributed by atoms with E-state index in [9.17, 15) is 9.59 Å². The SMILES string of the molecule is CC(C)(CNC(=O)c1cc2c(ccc3ccccc32)[nH]1)C(N)=O. The van der Waals surface area contributed by atoms with E-state index in [0.29, 0.717) is 5.69 Å². The number of rotatable bonds is 4. The second-order valence-corrected chi connectivity index (χ2v) is 6.36. The Morgan fingerprint density at radius 2 is 1.87 bits per heavy atom. The first-order chi connectivity index (χ1) is 10.9. The molecule has 2 aromatic carbocycles. The Labute approximate surface area is 133 Å². The zero-order chi connectivity index (χ0) is 16.6. The maximum atomic E-state index is 12.3. The van der Waals surface area contributed by atoms with Gasteiger partial charge >= 0.3 is 0 Å². The van der Waals surface area contributed by atoms with Crippen molar-refractivity contribution in [2.45, 2.75) is 13.8 Å². The summed E-state index contributed by atoms with van der Waals surface area (Å²) < 4.78 is 0. The number of nitrogens with one attached hydrogen (secondary N) is 2. The van der Waals surface area contributed by atoms with Crippen molar-refractivity contribution >= 4 is 33.5 Å².